The van der Waals surface area contributed by atoms with Crippen LogP contribution in [0.15, 0.2) is 24.3 Å². The van der Waals surface area contributed by atoms with Crippen LogP contribution in [-0.4, -0.2) is 16.8 Å². The first-order valence-electron chi connectivity index (χ1n) is 6.06. The van der Waals surface area contributed by atoms with Gasteiger partial charge in [-0.1, -0.05) is 12.1 Å². The van der Waals surface area contributed by atoms with Gasteiger partial charge in [-0.3, -0.25) is 5.10 Å². The minimum atomic E-state index is -0.312. The number of rotatable bonds is 5. The van der Waals surface area contributed by atoms with Crippen molar-refractivity contribution < 1.29 is 9.13 Å². The van der Waals surface area contributed by atoms with Crippen molar-refractivity contribution in [2.75, 3.05) is 6.61 Å². The number of hydrogen-bond acceptors (Lipinski definition) is 2. The van der Waals surface area contributed by atoms with E-state index in [9.17, 15) is 4.39 Å². The number of para-hydroxylation sites is 1. The fourth-order valence-electron chi connectivity index (χ4n) is 1.94. The van der Waals surface area contributed by atoms with Crippen LogP contribution < -0.4 is 4.74 Å². The normalized spacial score (nSPS) is 10.6. The lowest BCUT2D eigenvalue weighted by Crippen LogP contribution is -2.01. The topological polar surface area (TPSA) is 37.9 Å². The quantitative estimate of drug-likeness (QED) is 0.825. The van der Waals surface area contributed by atoms with E-state index >= 15 is 0 Å². The monoisotopic (exact) mass is 248 g/mol. The van der Waals surface area contributed by atoms with Crippen molar-refractivity contribution in [1.82, 2.24) is 10.2 Å². The molecule has 0 saturated carbocycles. The van der Waals surface area contributed by atoms with Crippen LogP contribution in [0.4, 0.5) is 4.39 Å². The minimum absolute atomic E-state index is 0.312. The van der Waals surface area contributed by atoms with E-state index in [-0.39, 0.29) is 5.82 Å². The Morgan fingerprint density at radius 1 is 1.28 bits per heavy atom. The summed E-state index contributed by atoms with van der Waals surface area (Å²) < 4.78 is 18.7. The fraction of sp³-hybridized carbons (Fsp3) is 0.357. The van der Waals surface area contributed by atoms with Crippen molar-refractivity contribution in [1.29, 1.82) is 0 Å². The summed E-state index contributed by atoms with van der Waals surface area (Å²) in [6.45, 7) is 4.49. The first-order chi connectivity index (χ1) is 8.68. The van der Waals surface area contributed by atoms with Gasteiger partial charge < -0.3 is 4.74 Å². The Hall–Kier alpha value is -1.84. The largest absolute Gasteiger partial charge is 0.491 e. The Bertz CT molecular complexity index is 503. The molecule has 0 aliphatic carbocycles. The molecule has 0 amide bonds. The van der Waals surface area contributed by atoms with E-state index in [1.165, 1.54) is 11.6 Å². The molecule has 0 aliphatic rings. The summed E-state index contributed by atoms with van der Waals surface area (Å²) in [4.78, 5) is 0. The molecule has 0 fully saturated rings. The van der Waals surface area contributed by atoms with Gasteiger partial charge in [0.1, 0.15) is 0 Å². The summed E-state index contributed by atoms with van der Waals surface area (Å²) in [5, 5.41) is 7.10. The zero-order valence-corrected chi connectivity index (χ0v) is 10.7. The fourth-order valence-corrected chi connectivity index (χ4v) is 1.94. The number of aromatic amines is 1. The molecule has 18 heavy (non-hydrogen) atoms. The second-order valence-corrected chi connectivity index (χ2v) is 4.30. The molecular weight excluding hydrogens is 231 g/mol. The molecule has 1 heterocycles. The number of halogens is 1. The lowest BCUT2D eigenvalue weighted by atomic mass is 10.1. The van der Waals surface area contributed by atoms with Gasteiger partial charge in [-0.2, -0.15) is 5.10 Å². The molecule has 0 spiro atoms. The van der Waals surface area contributed by atoms with E-state index in [4.69, 9.17) is 4.74 Å². The lowest BCUT2D eigenvalue weighted by Gasteiger charge is -2.07. The van der Waals surface area contributed by atoms with Gasteiger partial charge in [0.25, 0.3) is 0 Å². The Morgan fingerprint density at radius 2 is 2.06 bits per heavy atom. The number of hydrogen-bond donors (Lipinski definition) is 1. The predicted molar refractivity (Wildman–Crippen MR) is 68.3 cm³/mol. The van der Waals surface area contributed by atoms with Crippen LogP contribution >= 0.6 is 0 Å². The van der Waals surface area contributed by atoms with Crippen molar-refractivity contribution in [2.45, 2.75) is 26.7 Å². The molecule has 0 radical (unpaired) electrons. The molecule has 1 N–H and O–H groups in total. The Labute approximate surface area is 106 Å². The van der Waals surface area contributed by atoms with E-state index in [1.54, 1.807) is 18.2 Å². The van der Waals surface area contributed by atoms with Gasteiger partial charge in [0, 0.05) is 5.69 Å². The summed E-state index contributed by atoms with van der Waals surface area (Å²) in [5.41, 5.74) is 3.35. The smallest absolute Gasteiger partial charge is 0.165 e. The molecule has 0 bridgehead atoms. The number of nitrogens with zero attached hydrogens (tertiary/aromatic N) is 1. The van der Waals surface area contributed by atoms with Gasteiger partial charge in [-0.25, -0.2) is 4.39 Å². The van der Waals surface area contributed by atoms with Crippen molar-refractivity contribution in [2.24, 2.45) is 0 Å². The van der Waals surface area contributed by atoms with E-state index in [0.29, 0.717) is 12.4 Å². The van der Waals surface area contributed by atoms with Crippen LogP contribution in [-0.2, 0) is 6.42 Å². The molecule has 1 aromatic heterocycles. The molecule has 1 aromatic carbocycles. The predicted octanol–water partition coefficient (Wildman–Crippen LogP) is 3.18. The molecule has 0 aliphatic heterocycles. The highest BCUT2D eigenvalue weighted by atomic mass is 19.1. The summed E-state index contributed by atoms with van der Waals surface area (Å²) in [6, 6.07) is 6.46. The second kappa shape index (κ2) is 5.67. The Morgan fingerprint density at radius 3 is 2.72 bits per heavy atom. The van der Waals surface area contributed by atoms with Crippen LogP contribution in [0.3, 0.4) is 0 Å². The maximum atomic E-state index is 13.3. The number of H-pyrrole nitrogens is 1. The number of aromatic nitrogens is 2. The van der Waals surface area contributed by atoms with Gasteiger partial charge in [0.05, 0.1) is 12.3 Å². The number of nitrogens with one attached hydrogen (secondary N) is 1. The molecule has 0 unspecified atom stereocenters. The van der Waals surface area contributed by atoms with Crippen molar-refractivity contribution in [3.63, 3.8) is 0 Å². The average molecular weight is 248 g/mol. The molecule has 2 aromatic rings. The molecule has 3 nitrogen and oxygen atoms in total. The molecular formula is C14H17FN2O. The third-order valence-corrected chi connectivity index (χ3v) is 2.95. The summed E-state index contributed by atoms with van der Waals surface area (Å²) in [5.74, 6) is 0.00584. The van der Waals surface area contributed by atoms with Gasteiger partial charge in [0.2, 0.25) is 0 Å². The maximum Gasteiger partial charge on any atom is 0.165 e. The molecule has 0 saturated heterocycles. The Kier molecular flexibility index (Phi) is 3.97. The van der Waals surface area contributed by atoms with E-state index < -0.39 is 0 Å². The van der Waals surface area contributed by atoms with E-state index in [1.807, 2.05) is 13.8 Å². The van der Waals surface area contributed by atoms with Gasteiger partial charge >= 0.3 is 0 Å². The van der Waals surface area contributed by atoms with Crippen LogP contribution in [0, 0.1) is 19.7 Å². The number of aryl methyl sites for hydroxylation is 2. The molecule has 0 atom stereocenters. The number of benzene rings is 1. The van der Waals surface area contributed by atoms with Crippen molar-refractivity contribution >= 4 is 0 Å². The third kappa shape index (κ3) is 2.88. The standard InChI is InChI=1S/C14H17FN2O/c1-10-12(11(2)17-16-10)6-5-9-18-14-8-4-3-7-13(14)15/h3-4,7-8H,5-6,9H2,1-2H3,(H,16,17). The summed E-state index contributed by atoms with van der Waals surface area (Å²) in [6.07, 6.45) is 1.73. The first-order valence-corrected chi connectivity index (χ1v) is 6.06. The highest BCUT2D eigenvalue weighted by Gasteiger charge is 2.06. The van der Waals surface area contributed by atoms with Crippen LogP contribution in [0.1, 0.15) is 23.4 Å². The van der Waals surface area contributed by atoms with Crippen LogP contribution in [0.5, 0.6) is 5.75 Å². The number of ether oxygens (including phenoxy) is 1. The highest BCUT2D eigenvalue weighted by Crippen LogP contribution is 2.16. The van der Waals surface area contributed by atoms with E-state index in [2.05, 4.69) is 10.2 Å². The van der Waals surface area contributed by atoms with Gasteiger partial charge in [-0.05, 0) is 44.4 Å². The summed E-state index contributed by atoms with van der Waals surface area (Å²) >= 11 is 0. The third-order valence-electron chi connectivity index (χ3n) is 2.95. The molecule has 4 heteroatoms. The minimum Gasteiger partial charge on any atom is -0.491 e. The zero-order valence-electron chi connectivity index (χ0n) is 10.7. The maximum absolute atomic E-state index is 13.3. The van der Waals surface area contributed by atoms with Crippen molar-refractivity contribution in [3.8, 4) is 5.75 Å². The first kappa shape index (κ1) is 12.6. The van der Waals surface area contributed by atoms with Crippen molar-refractivity contribution in [3.05, 3.63) is 47.0 Å². The second-order valence-electron chi connectivity index (χ2n) is 4.30. The van der Waals surface area contributed by atoms with E-state index in [0.717, 1.165) is 24.2 Å². The highest BCUT2D eigenvalue weighted by molar-refractivity contribution is 5.24. The summed E-state index contributed by atoms with van der Waals surface area (Å²) in [7, 11) is 0. The van der Waals surface area contributed by atoms with Crippen LogP contribution in [0.25, 0.3) is 0 Å². The lowest BCUT2D eigenvalue weighted by molar-refractivity contribution is 0.295. The average Bonchev–Trinajstić information content (AvgIpc) is 2.67. The molecule has 96 valence electrons. The Balaban J connectivity index is 1.82. The van der Waals surface area contributed by atoms with Gasteiger partial charge in [-0.15, -0.1) is 0 Å². The SMILES string of the molecule is Cc1n[nH]c(C)c1CCCOc1ccccc1F. The zero-order chi connectivity index (χ0) is 13.0. The molecule has 2 rings (SSSR count). The van der Waals surface area contributed by atoms with Gasteiger partial charge in [0.15, 0.2) is 11.6 Å². The van der Waals surface area contributed by atoms with Crippen LogP contribution in [0.2, 0.25) is 0 Å².